The highest BCUT2D eigenvalue weighted by atomic mass is 16.5. The third kappa shape index (κ3) is 1.89. The van der Waals surface area contributed by atoms with Gasteiger partial charge in [0.05, 0.1) is 0 Å². The molecule has 4 atom stereocenters. The van der Waals surface area contributed by atoms with Crippen LogP contribution in [0.2, 0.25) is 0 Å². The second-order valence-corrected chi connectivity index (χ2v) is 5.98. The van der Waals surface area contributed by atoms with E-state index in [4.69, 9.17) is 10.6 Å². The van der Waals surface area contributed by atoms with Gasteiger partial charge in [-0.25, -0.2) is 0 Å². The third-order valence-electron chi connectivity index (χ3n) is 5.22. The van der Waals surface area contributed by atoms with Gasteiger partial charge in [-0.3, -0.25) is 11.3 Å². The molecule has 3 rings (SSSR count). The summed E-state index contributed by atoms with van der Waals surface area (Å²) in [6, 6.07) is 0.555. The lowest BCUT2D eigenvalue weighted by molar-refractivity contribution is 0.0382. The lowest BCUT2D eigenvalue weighted by Crippen LogP contribution is -2.49. The molecule has 4 unspecified atom stereocenters. The van der Waals surface area contributed by atoms with Gasteiger partial charge in [-0.15, -0.1) is 0 Å². The maximum atomic E-state index is 5.82. The fourth-order valence-corrected chi connectivity index (χ4v) is 4.42. The maximum Gasteiger partial charge on any atom is 0.0469 e. The Kier molecular flexibility index (Phi) is 3.18. The van der Waals surface area contributed by atoms with Gasteiger partial charge in [-0.05, 0) is 55.8 Å². The van der Waals surface area contributed by atoms with Crippen molar-refractivity contribution in [1.29, 1.82) is 0 Å². The summed E-state index contributed by atoms with van der Waals surface area (Å²) in [5, 5.41) is 0. The van der Waals surface area contributed by atoms with E-state index >= 15 is 0 Å². The van der Waals surface area contributed by atoms with Crippen LogP contribution in [-0.2, 0) is 4.74 Å². The Morgan fingerprint density at radius 2 is 1.88 bits per heavy atom. The number of ether oxygens (including phenoxy) is 1. The summed E-state index contributed by atoms with van der Waals surface area (Å²) in [7, 11) is 0. The minimum Gasteiger partial charge on any atom is -0.381 e. The Labute approximate surface area is 98.1 Å². The standard InChI is InChI=1S/C13H24N2O/c14-15-13(10-3-5-16-6-4-10)12-8-9-1-2-11(12)7-9/h9-13,15H,1-8,14H2. The summed E-state index contributed by atoms with van der Waals surface area (Å²) in [5.41, 5.74) is 3.14. The van der Waals surface area contributed by atoms with Crippen LogP contribution in [-0.4, -0.2) is 19.3 Å². The van der Waals surface area contributed by atoms with Gasteiger partial charge in [0.1, 0.15) is 0 Å². The molecule has 3 heteroatoms. The monoisotopic (exact) mass is 224 g/mol. The highest BCUT2D eigenvalue weighted by Crippen LogP contribution is 2.50. The molecule has 0 amide bonds. The van der Waals surface area contributed by atoms with Gasteiger partial charge in [0, 0.05) is 19.3 Å². The minimum absolute atomic E-state index is 0.555. The molecule has 3 N–H and O–H groups in total. The smallest absolute Gasteiger partial charge is 0.0469 e. The van der Waals surface area contributed by atoms with E-state index in [2.05, 4.69) is 5.43 Å². The molecule has 3 aliphatic rings. The summed E-state index contributed by atoms with van der Waals surface area (Å²) < 4.78 is 5.45. The first-order valence-electron chi connectivity index (χ1n) is 6.92. The topological polar surface area (TPSA) is 47.3 Å². The SMILES string of the molecule is NNC(C1CCOCC1)C1CC2CCC1C2. The van der Waals surface area contributed by atoms with Gasteiger partial charge in [-0.1, -0.05) is 6.42 Å². The van der Waals surface area contributed by atoms with Gasteiger partial charge >= 0.3 is 0 Å². The molecule has 0 aromatic rings. The Balaban J connectivity index is 1.65. The highest BCUT2D eigenvalue weighted by molar-refractivity contribution is 4.97. The van der Waals surface area contributed by atoms with Crippen molar-refractivity contribution in [3.05, 3.63) is 0 Å². The van der Waals surface area contributed by atoms with Crippen LogP contribution < -0.4 is 11.3 Å². The molecule has 1 aliphatic heterocycles. The van der Waals surface area contributed by atoms with Crippen LogP contribution >= 0.6 is 0 Å². The maximum absolute atomic E-state index is 5.82. The predicted molar refractivity (Wildman–Crippen MR) is 63.6 cm³/mol. The van der Waals surface area contributed by atoms with Crippen LogP contribution in [0.25, 0.3) is 0 Å². The third-order valence-corrected chi connectivity index (χ3v) is 5.22. The number of nitrogens with one attached hydrogen (secondary N) is 1. The molecule has 0 spiro atoms. The van der Waals surface area contributed by atoms with Crippen LogP contribution in [0.3, 0.4) is 0 Å². The van der Waals surface area contributed by atoms with Crippen molar-refractivity contribution in [3.8, 4) is 0 Å². The molecule has 92 valence electrons. The fraction of sp³-hybridized carbons (Fsp3) is 1.00. The quantitative estimate of drug-likeness (QED) is 0.566. The zero-order chi connectivity index (χ0) is 11.0. The molecule has 3 nitrogen and oxygen atoms in total. The summed E-state index contributed by atoms with van der Waals surface area (Å²) in [6.07, 6.45) is 8.23. The zero-order valence-electron chi connectivity index (χ0n) is 10.0. The van der Waals surface area contributed by atoms with Gasteiger partial charge in [-0.2, -0.15) is 0 Å². The van der Waals surface area contributed by atoms with Crippen molar-refractivity contribution < 1.29 is 4.74 Å². The number of hydrogen-bond acceptors (Lipinski definition) is 3. The van der Waals surface area contributed by atoms with Gasteiger partial charge in [0.2, 0.25) is 0 Å². The Morgan fingerprint density at radius 3 is 2.44 bits per heavy atom. The summed E-state index contributed by atoms with van der Waals surface area (Å²) in [6.45, 7) is 1.87. The largest absolute Gasteiger partial charge is 0.381 e. The molecule has 1 heterocycles. The van der Waals surface area contributed by atoms with Crippen LogP contribution in [0.15, 0.2) is 0 Å². The summed E-state index contributed by atoms with van der Waals surface area (Å²) in [4.78, 5) is 0. The molecule has 1 saturated heterocycles. The normalized spacial score (nSPS) is 41.4. The first-order valence-corrected chi connectivity index (χ1v) is 6.92. The van der Waals surface area contributed by atoms with Crippen molar-refractivity contribution >= 4 is 0 Å². The second kappa shape index (κ2) is 4.63. The molecular formula is C13H24N2O. The second-order valence-electron chi connectivity index (χ2n) is 5.98. The fourth-order valence-electron chi connectivity index (χ4n) is 4.42. The van der Waals surface area contributed by atoms with Gasteiger partial charge < -0.3 is 4.74 Å². The van der Waals surface area contributed by atoms with E-state index in [0.29, 0.717) is 6.04 Å². The van der Waals surface area contributed by atoms with E-state index in [1.165, 1.54) is 38.5 Å². The number of hydrazine groups is 1. The average Bonchev–Trinajstić information content (AvgIpc) is 2.94. The molecule has 2 bridgehead atoms. The van der Waals surface area contributed by atoms with E-state index < -0.39 is 0 Å². The van der Waals surface area contributed by atoms with Crippen molar-refractivity contribution in [2.24, 2.45) is 29.5 Å². The number of fused-ring (bicyclic) bond motifs is 2. The molecule has 0 radical (unpaired) electrons. The molecule has 2 saturated carbocycles. The van der Waals surface area contributed by atoms with Crippen LogP contribution in [0, 0.1) is 23.7 Å². The van der Waals surface area contributed by atoms with E-state index in [9.17, 15) is 0 Å². The van der Waals surface area contributed by atoms with Crippen LogP contribution in [0.5, 0.6) is 0 Å². The molecule has 2 aliphatic carbocycles. The molecule has 3 fully saturated rings. The number of nitrogens with two attached hydrogens (primary N) is 1. The minimum atomic E-state index is 0.555. The van der Waals surface area contributed by atoms with Crippen LogP contribution in [0.1, 0.15) is 38.5 Å². The van der Waals surface area contributed by atoms with E-state index in [-0.39, 0.29) is 0 Å². The lowest BCUT2D eigenvalue weighted by atomic mass is 9.76. The van der Waals surface area contributed by atoms with Crippen molar-refractivity contribution in [2.45, 2.75) is 44.6 Å². The van der Waals surface area contributed by atoms with Crippen molar-refractivity contribution in [3.63, 3.8) is 0 Å². The molecule has 0 aromatic carbocycles. The number of rotatable bonds is 3. The Morgan fingerprint density at radius 1 is 1.06 bits per heavy atom. The summed E-state index contributed by atoms with van der Waals surface area (Å²) >= 11 is 0. The summed E-state index contributed by atoms with van der Waals surface area (Å²) in [5.74, 6) is 9.42. The van der Waals surface area contributed by atoms with Crippen molar-refractivity contribution in [2.75, 3.05) is 13.2 Å². The van der Waals surface area contributed by atoms with Gasteiger partial charge in [0.25, 0.3) is 0 Å². The van der Waals surface area contributed by atoms with Crippen molar-refractivity contribution in [1.82, 2.24) is 5.43 Å². The van der Waals surface area contributed by atoms with Crippen LogP contribution in [0.4, 0.5) is 0 Å². The highest BCUT2D eigenvalue weighted by Gasteiger charge is 2.44. The van der Waals surface area contributed by atoms with Gasteiger partial charge in [0.15, 0.2) is 0 Å². The molecule has 0 aromatic heterocycles. The lowest BCUT2D eigenvalue weighted by Gasteiger charge is -2.37. The average molecular weight is 224 g/mol. The predicted octanol–water partition coefficient (Wildman–Crippen LogP) is 1.68. The molecular weight excluding hydrogens is 200 g/mol. The van der Waals surface area contributed by atoms with E-state index in [1.54, 1.807) is 0 Å². The Bertz CT molecular complexity index is 240. The van der Waals surface area contributed by atoms with E-state index in [0.717, 1.165) is 36.9 Å². The first kappa shape index (κ1) is 11.0. The zero-order valence-corrected chi connectivity index (χ0v) is 10.0. The first-order chi connectivity index (χ1) is 7.88. The molecule has 16 heavy (non-hydrogen) atoms. The number of hydrogen-bond donors (Lipinski definition) is 2. The van der Waals surface area contributed by atoms with E-state index in [1.807, 2.05) is 0 Å². The Hall–Kier alpha value is -0.120.